The van der Waals surface area contributed by atoms with Gasteiger partial charge in [0, 0.05) is 17.7 Å². The van der Waals surface area contributed by atoms with Crippen LogP contribution in [0.3, 0.4) is 0 Å². The number of hydrogen-bond donors (Lipinski definition) is 1. The normalized spacial score (nSPS) is 18.9. The Bertz CT molecular complexity index is 1020. The zero-order valence-corrected chi connectivity index (χ0v) is 15.7. The number of nitrogens with zero attached hydrogens (tertiary/aromatic N) is 2. The first kappa shape index (κ1) is 19.2. The lowest BCUT2D eigenvalue weighted by atomic mass is 9.91. The summed E-state index contributed by atoms with van der Waals surface area (Å²) in [5.41, 5.74) is 0.707. The van der Waals surface area contributed by atoms with Gasteiger partial charge in [0.25, 0.3) is 11.6 Å². The van der Waals surface area contributed by atoms with Crippen LogP contribution in [-0.4, -0.2) is 34.1 Å². The van der Waals surface area contributed by atoms with Gasteiger partial charge in [0.05, 0.1) is 11.5 Å². The fraction of sp³-hybridized carbons (Fsp3) is 0.250. The van der Waals surface area contributed by atoms with Gasteiger partial charge in [-0.1, -0.05) is 29.8 Å². The van der Waals surface area contributed by atoms with E-state index >= 15 is 0 Å². The van der Waals surface area contributed by atoms with Gasteiger partial charge in [-0.3, -0.25) is 24.6 Å². The topological polar surface area (TPSA) is 110 Å². The Morgan fingerprint density at radius 1 is 1.18 bits per heavy atom. The Hall–Kier alpha value is -3.55. The molecule has 1 heterocycles. The number of rotatable bonds is 5. The van der Waals surface area contributed by atoms with Gasteiger partial charge < -0.3 is 5.32 Å². The first-order chi connectivity index (χ1) is 13.1. The number of carbonyl (C=O) groups is 3. The van der Waals surface area contributed by atoms with Crippen LogP contribution in [-0.2, 0) is 10.3 Å². The molecule has 2 aromatic rings. The molecule has 0 radical (unpaired) electrons. The molecule has 1 saturated heterocycles. The highest BCUT2D eigenvalue weighted by atomic mass is 16.6. The van der Waals surface area contributed by atoms with E-state index in [-0.39, 0.29) is 17.0 Å². The molecule has 0 spiro atoms. The Kier molecular flexibility index (Phi) is 4.72. The molecule has 1 fully saturated rings. The molecule has 28 heavy (non-hydrogen) atoms. The maximum absolute atomic E-state index is 13.0. The predicted octanol–water partition coefficient (Wildman–Crippen LogP) is 2.86. The number of aryl methyl sites for hydroxylation is 2. The van der Waals surface area contributed by atoms with Crippen LogP contribution in [0.15, 0.2) is 42.5 Å². The van der Waals surface area contributed by atoms with E-state index in [0.717, 1.165) is 16.0 Å². The van der Waals surface area contributed by atoms with Crippen molar-refractivity contribution in [3.05, 3.63) is 74.8 Å². The maximum Gasteiger partial charge on any atom is 0.325 e. The molecule has 1 N–H and O–H groups in total. The average Bonchev–Trinajstić information content (AvgIpc) is 2.87. The van der Waals surface area contributed by atoms with Gasteiger partial charge in [-0.15, -0.1) is 0 Å². The lowest BCUT2D eigenvalue weighted by Gasteiger charge is -2.22. The molecule has 8 heteroatoms. The Labute approximate surface area is 161 Å². The van der Waals surface area contributed by atoms with E-state index in [0.29, 0.717) is 5.56 Å². The highest BCUT2D eigenvalue weighted by Crippen LogP contribution is 2.31. The zero-order chi connectivity index (χ0) is 20.6. The van der Waals surface area contributed by atoms with Crippen molar-refractivity contribution in [1.82, 2.24) is 10.2 Å². The summed E-state index contributed by atoms with van der Waals surface area (Å²) in [6.45, 7) is 4.70. The zero-order valence-electron chi connectivity index (χ0n) is 15.7. The molecule has 0 bridgehead atoms. The molecule has 2 aromatic carbocycles. The number of nitro groups is 1. The van der Waals surface area contributed by atoms with Crippen molar-refractivity contribution in [2.24, 2.45) is 0 Å². The van der Waals surface area contributed by atoms with E-state index < -0.39 is 28.9 Å². The Morgan fingerprint density at radius 3 is 2.57 bits per heavy atom. The summed E-state index contributed by atoms with van der Waals surface area (Å²) in [5, 5.41) is 13.6. The molecule has 3 amide bonds. The van der Waals surface area contributed by atoms with Crippen LogP contribution in [0.1, 0.15) is 34.0 Å². The van der Waals surface area contributed by atoms with Gasteiger partial charge in [-0.05, 0) is 38.0 Å². The van der Waals surface area contributed by atoms with Crippen molar-refractivity contribution in [1.29, 1.82) is 0 Å². The first-order valence-electron chi connectivity index (χ1n) is 8.63. The van der Waals surface area contributed by atoms with Gasteiger partial charge in [-0.2, -0.15) is 0 Å². The van der Waals surface area contributed by atoms with Crippen molar-refractivity contribution in [3.63, 3.8) is 0 Å². The minimum absolute atomic E-state index is 0.189. The molecular formula is C20H19N3O5. The number of imide groups is 1. The van der Waals surface area contributed by atoms with Crippen LogP contribution in [0.5, 0.6) is 0 Å². The van der Waals surface area contributed by atoms with Crippen LogP contribution in [0, 0.1) is 24.0 Å². The van der Waals surface area contributed by atoms with Crippen molar-refractivity contribution >= 4 is 23.4 Å². The Balaban J connectivity index is 1.89. The minimum Gasteiger partial charge on any atom is -0.319 e. The number of Topliss-reactive ketones (excluding diaryl/α,β-unsaturated/α-hetero) is 1. The van der Waals surface area contributed by atoms with Crippen molar-refractivity contribution in [2.45, 2.75) is 26.3 Å². The lowest BCUT2D eigenvalue weighted by Crippen LogP contribution is -2.41. The third-order valence-electron chi connectivity index (χ3n) is 4.90. The van der Waals surface area contributed by atoms with Gasteiger partial charge in [0.2, 0.25) is 0 Å². The largest absolute Gasteiger partial charge is 0.325 e. The van der Waals surface area contributed by atoms with Crippen molar-refractivity contribution < 1.29 is 19.3 Å². The van der Waals surface area contributed by atoms with E-state index in [9.17, 15) is 24.5 Å². The van der Waals surface area contributed by atoms with E-state index in [1.807, 2.05) is 19.1 Å². The monoisotopic (exact) mass is 381 g/mol. The van der Waals surface area contributed by atoms with Gasteiger partial charge in [-0.25, -0.2) is 4.79 Å². The lowest BCUT2D eigenvalue weighted by molar-refractivity contribution is -0.385. The highest BCUT2D eigenvalue weighted by molar-refractivity contribution is 6.11. The summed E-state index contributed by atoms with van der Waals surface area (Å²) in [5.74, 6) is -0.982. The number of carbonyl (C=O) groups excluding carboxylic acids is 3. The van der Waals surface area contributed by atoms with Crippen LogP contribution >= 0.6 is 0 Å². The molecule has 1 atom stereocenters. The predicted molar refractivity (Wildman–Crippen MR) is 101 cm³/mol. The Morgan fingerprint density at radius 2 is 1.89 bits per heavy atom. The summed E-state index contributed by atoms with van der Waals surface area (Å²) in [7, 11) is 0. The third-order valence-corrected chi connectivity index (χ3v) is 4.90. The minimum atomic E-state index is -1.48. The summed E-state index contributed by atoms with van der Waals surface area (Å²) in [6.07, 6.45) is 0. The highest BCUT2D eigenvalue weighted by Gasteiger charge is 2.49. The van der Waals surface area contributed by atoms with E-state index in [1.54, 1.807) is 13.0 Å². The molecule has 1 aliphatic heterocycles. The van der Waals surface area contributed by atoms with Gasteiger partial charge >= 0.3 is 6.03 Å². The van der Waals surface area contributed by atoms with Crippen LogP contribution in [0.4, 0.5) is 10.5 Å². The fourth-order valence-corrected chi connectivity index (χ4v) is 3.23. The van der Waals surface area contributed by atoms with Crippen molar-refractivity contribution in [3.8, 4) is 0 Å². The molecule has 1 aliphatic rings. The standard InChI is InChI=1S/C20H19N3O5/c1-12-7-8-13(2)16(9-12)17(24)11-22-18(25)20(3,21-19(22)26)14-5-4-6-15(10-14)23(27)28/h4-10H,11H2,1-3H3,(H,21,26). The smallest absolute Gasteiger partial charge is 0.319 e. The average molecular weight is 381 g/mol. The maximum atomic E-state index is 13.0. The number of ketones is 1. The quantitative estimate of drug-likeness (QED) is 0.371. The molecular weight excluding hydrogens is 362 g/mol. The number of nitro benzene ring substituents is 1. The molecule has 0 aromatic heterocycles. The molecule has 0 aliphatic carbocycles. The number of non-ortho nitro benzene ring substituents is 1. The number of amides is 3. The molecule has 8 nitrogen and oxygen atoms in total. The first-order valence-corrected chi connectivity index (χ1v) is 8.63. The van der Waals surface area contributed by atoms with Gasteiger partial charge in [0.15, 0.2) is 5.78 Å². The number of urea groups is 1. The number of benzene rings is 2. The van der Waals surface area contributed by atoms with Crippen molar-refractivity contribution in [2.75, 3.05) is 6.54 Å². The molecule has 3 rings (SSSR count). The van der Waals surface area contributed by atoms with E-state index in [2.05, 4.69) is 5.32 Å². The second-order valence-corrected chi connectivity index (χ2v) is 7.00. The summed E-state index contributed by atoms with van der Waals surface area (Å²) >= 11 is 0. The van der Waals surface area contributed by atoms with Gasteiger partial charge in [0.1, 0.15) is 5.54 Å². The number of nitrogens with one attached hydrogen (secondary N) is 1. The molecule has 1 unspecified atom stereocenters. The summed E-state index contributed by atoms with van der Waals surface area (Å²) in [4.78, 5) is 49.4. The second-order valence-electron chi connectivity index (χ2n) is 7.00. The summed E-state index contributed by atoms with van der Waals surface area (Å²) < 4.78 is 0. The molecule has 0 saturated carbocycles. The SMILES string of the molecule is Cc1ccc(C)c(C(=O)CN2C(=O)NC(C)(c3cccc([N+](=O)[O-])c3)C2=O)c1. The van der Waals surface area contributed by atoms with E-state index in [4.69, 9.17) is 0 Å². The second kappa shape index (κ2) is 6.88. The number of hydrogen-bond acceptors (Lipinski definition) is 5. The van der Waals surface area contributed by atoms with E-state index in [1.165, 1.54) is 31.2 Å². The fourth-order valence-electron chi connectivity index (χ4n) is 3.23. The third kappa shape index (κ3) is 3.24. The molecule has 144 valence electrons. The van der Waals surface area contributed by atoms with Crippen LogP contribution < -0.4 is 5.32 Å². The summed E-state index contributed by atoms with van der Waals surface area (Å²) in [6, 6.07) is 10.2. The van der Waals surface area contributed by atoms with Crippen LogP contribution in [0.25, 0.3) is 0 Å². The van der Waals surface area contributed by atoms with Crippen LogP contribution in [0.2, 0.25) is 0 Å².